The Morgan fingerprint density at radius 2 is 1.94 bits per heavy atom. The lowest BCUT2D eigenvalue weighted by Gasteiger charge is -2.26. The van der Waals surface area contributed by atoms with E-state index in [0.717, 1.165) is 0 Å². The van der Waals surface area contributed by atoms with Crippen LogP contribution in [0.1, 0.15) is 13.3 Å². The van der Waals surface area contributed by atoms with Crippen molar-refractivity contribution in [1.82, 2.24) is 5.32 Å². The predicted molar refractivity (Wildman–Crippen MR) is 50.5 cm³/mol. The molecule has 6 nitrogen and oxygen atoms in total. The number of nitriles is 3. The Morgan fingerprint density at radius 3 is 2.25 bits per heavy atom. The van der Waals surface area contributed by atoms with Crippen LogP contribution in [0.2, 0.25) is 0 Å². The van der Waals surface area contributed by atoms with Gasteiger partial charge in [0.05, 0.1) is 29.8 Å². The van der Waals surface area contributed by atoms with Gasteiger partial charge >= 0.3 is 0 Å². The van der Waals surface area contributed by atoms with Gasteiger partial charge in [0, 0.05) is 0 Å². The fraction of sp³-hybridized carbons (Fsp3) is 0.600. The predicted octanol–water partition coefficient (Wildman–Crippen LogP) is -0.645. The Balaban J connectivity index is 2.63. The summed E-state index contributed by atoms with van der Waals surface area (Å²) in [7, 11) is 0. The zero-order valence-electron chi connectivity index (χ0n) is 8.61. The van der Waals surface area contributed by atoms with Gasteiger partial charge in [-0.3, -0.25) is 4.79 Å². The molecule has 80 valence electrons. The molecule has 2 aliphatic rings. The number of carbonyl (C=O) groups excluding carboxylic acids is 1. The van der Waals surface area contributed by atoms with Crippen molar-refractivity contribution in [2.45, 2.75) is 19.0 Å². The van der Waals surface area contributed by atoms with Crippen molar-refractivity contribution < 1.29 is 4.79 Å². The Hall–Kier alpha value is -2.10. The maximum Gasteiger partial charge on any atom is 0.245 e. The van der Waals surface area contributed by atoms with Crippen LogP contribution in [0.3, 0.4) is 0 Å². The molecule has 2 rings (SSSR count). The Morgan fingerprint density at radius 1 is 1.38 bits per heavy atom. The molecule has 0 spiro atoms. The lowest BCUT2D eigenvalue weighted by Crippen LogP contribution is -2.55. The first-order chi connectivity index (χ1) is 7.49. The van der Waals surface area contributed by atoms with Gasteiger partial charge in [-0.05, 0) is 6.42 Å². The van der Waals surface area contributed by atoms with Crippen molar-refractivity contribution in [1.29, 1.82) is 15.8 Å². The third-order valence-corrected chi connectivity index (χ3v) is 3.74. The molecule has 3 atom stereocenters. The summed E-state index contributed by atoms with van der Waals surface area (Å²) in [5.41, 5.74) is 1.64. The van der Waals surface area contributed by atoms with Crippen molar-refractivity contribution in [2.24, 2.45) is 22.5 Å². The molecule has 1 aliphatic heterocycles. The van der Waals surface area contributed by atoms with Gasteiger partial charge in [-0.25, -0.2) is 0 Å². The minimum Gasteiger partial charge on any atom is -0.336 e. The van der Waals surface area contributed by atoms with E-state index in [0.29, 0.717) is 6.42 Å². The first kappa shape index (κ1) is 10.4. The van der Waals surface area contributed by atoms with Crippen molar-refractivity contribution in [2.75, 3.05) is 0 Å². The summed E-state index contributed by atoms with van der Waals surface area (Å²) >= 11 is 0. The number of nitrogens with zero attached hydrogens (tertiary/aromatic N) is 3. The van der Waals surface area contributed by atoms with Crippen LogP contribution in [0.4, 0.5) is 0 Å². The lowest BCUT2D eigenvalue weighted by atomic mass is 9.93. The van der Waals surface area contributed by atoms with Gasteiger partial charge in [0.25, 0.3) is 0 Å². The minimum atomic E-state index is -1.59. The number of nitrogens with one attached hydrogen (secondary N) is 1. The van der Waals surface area contributed by atoms with Crippen LogP contribution >= 0.6 is 0 Å². The van der Waals surface area contributed by atoms with E-state index in [9.17, 15) is 4.79 Å². The van der Waals surface area contributed by atoms with Crippen LogP contribution in [0, 0.1) is 50.7 Å². The molecule has 1 aliphatic carbocycles. The fourth-order valence-corrected chi connectivity index (χ4v) is 2.77. The molecule has 0 radical (unpaired) electrons. The summed E-state index contributed by atoms with van der Waals surface area (Å²) in [6.07, 6.45) is 0.373. The van der Waals surface area contributed by atoms with Gasteiger partial charge < -0.3 is 11.1 Å². The Bertz CT molecular complexity index is 493. The van der Waals surface area contributed by atoms with Crippen molar-refractivity contribution in [3.05, 3.63) is 0 Å². The molecule has 0 aromatic rings. The van der Waals surface area contributed by atoms with Crippen LogP contribution in [-0.2, 0) is 4.79 Å². The molecule has 1 heterocycles. The number of rotatable bonds is 1. The zero-order valence-corrected chi connectivity index (χ0v) is 8.61. The number of hydrogen-bond donors (Lipinski definition) is 2. The van der Waals surface area contributed by atoms with Gasteiger partial charge in [0.15, 0.2) is 10.8 Å². The summed E-state index contributed by atoms with van der Waals surface area (Å²) < 4.78 is 0. The van der Waals surface area contributed by atoms with E-state index >= 15 is 0 Å². The molecule has 1 saturated carbocycles. The van der Waals surface area contributed by atoms with Gasteiger partial charge in [0.1, 0.15) is 0 Å². The number of hydrogen-bond acceptors (Lipinski definition) is 5. The summed E-state index contributed by atoms with van der Waals surface area (Å²) in [5.74, 6) is -1.35. The van der Waals surface area contributed by atoms with E-state index in [1.54, 1.807) is 19.1 Å². The third kappa shape index (κ3) is 0.671. The van der Waals surface area contributed by atoms with E-state index < -0.39 is 28.3 Å². The number of nitrogens with two attached hydrogens (primary N) is 1. The van der Waals surface area contributed by atoms with Gasteiger partial charge in [-0.1, -0.05) is 6.92 Å². The van der Waals surface area contributed by atoms with Crippen LogP contribution < -0.4 is 11.1 Å². The summed E-state index contributed by atoms with van der Waals surface area (Å²) in [5, 5.41) is 29.7. The van der Waals surface area contributed by atoms with Crippen molar-refractivity contribution >= 4 is 5.91 Å². The summed E-state index contributed by atoms with van der Waals surface area (Å²) in [6.45, 7) is 1.74. The maximum atomic E-state index is 11.8. The Labute approximate surface area is 92.2 Å². The number of piperidine rings is 1. The highest BCUT2D eigenvalue weighted by Gasteiger charge is 2.92. The average molecular weight is 215 g/mol. The molecule has 0 aromatic carbocycles. The molecule has 6 heteroatoms. The highest BCUT2D eigenvalue weighted by atomic mass is 16.2. The van der Waals surface area contributed by atoms with Gasteiger partial charge in [-0.2, -0.15) is 15.8 Å². The van der Waals surface area contributed by atoms with Gasteiger partial charge in [-0.15, -0.1) is 0 Å². The van der Waals surface area contributed by atoms with Crippen LogP contribution in [0.15, 0.2) is 0 Å². The minimum absolute atomic E-state index is 0.373. The lowest BCUT2D eigenvalue weighted by molar-refractivity contribution is -0.124. The molecular formula is C10H9N5O. The van der Waals surface area contributed by atoms with Crippen LogP contribution in [0.25, 0.3) is 0 Å². The number of fused-ring (bicyclic) bond motifs is 1. The molecule has 0 aromatic heterocycles. The zero-order chi connectivity index (χ0) is 12.2. The molecule has 1 amide bonds. The normalized spacial score (nSPS) is 42.2. The van der Waals surface area contributed by atoms with Crippen molar-refractivity contribution in [3.63, 3.8) is 0 Å². The highest BCUT2D eigenvalue weighted by Crippen LogP contribution is 2.74. The monoisotopic (exact) mass is 215 g/mol. The first-order valence-electron chi connectivity index (χ1n) is 4.84. The van der Waals surface area contributed by atoms with E-state index in [1.807, 2.05) is 6.07 Å². The fourth-order valence-electron chi connectivity index (χ4n) is 2.77. The van der Waals surface area contributed by atoms with Gasteiger partial charge in [0.2, 0.25) is 5.91 Å². The topological polar surface area (TPSA) is 126 Å². The van der Waals surface area contributed by atoms with E-state index in [1.165, 1.54) is 0 Å². The SMILES string of the molecule is CC[C@]1(N)NC(=O)[C@]2(C#N)[C@H]1C2(C#N)C#N. The quantitative estimate of drug-likeness (QED) is 0.601. The van der Waals surface area contributed by atoms with E-state index in [2.05, 4.69) is 5.32 Å². The van der Waals surface area contributed by atoms with E-state index in [-0.39, 0.29) is 0 Å². The number of carbonyl (C=O) groups is 1. The van der Waals surface area contributed by atoms with Crippen LogP contribution in [-0.4, -0.2) is 11.6 Å². The first-order valence-corrected chi connectivity index (χ1v) is 4.84. The molecular weight excluding hydrogens is 206 g/mol. The highest BCUT2D eigenvalue weighted by molar-refractivity contribution is 5.97. The second-order valence-corrected chi connectivity index (χ2v) is 4.23. The van der Waals surface area contributed by atoms with Crippen molar-refractivity contribution in [3.8, 4) is 18.2 Å². The second kappa shape index (κ2) is 2.52. The summed E-state index contributed by atoms with van der Waals surface area (Å²) in [4.78, 5) is 11.8. The molecule has 3 N–H and O–H groups in total. The number of amides is 1. The molecule has 16 heavy (non-hydrogen) atoms. The smallest absolute Gasteiger partial charge is 0.245 e. The average Bonchev–Trinajstić information content (AvgIpc) is 2.85. The molecule has 0 unspecified atom stereocenters. The third-order valence-electron chi connectivity index (χ3n) is 3.74. The molecule has 2 fully saturated rings. The maximum absolute atomic E-state index is 11.8. The largest absolute Gasteiger partial charge is 0.336 e. The Kier molecular flexibility index (Phi) is 1.64. The van der Waals surface area contributed by atoms with E-state index in [4.69, 9.17) is 21.5 Å². The standard InChI is InChI=1S/C10H9N5O/c1-2-10(14)6-8(3-11,4-12)9(6,5-13)7(16)15-10/h6H,2,14H2,1H3,(H,15,16)/t6-,9+,10+/m1/s1. The molecule has 0 bridgehead atoms. The second-order valence-electron chi connectivity index (χ2n) is 4.23. The summed E-state index contributed by atoms with van der Waals surface area (Å²) in [6, 6.07) is 5.39. The molecule has 1 saturated heterocycles. The van der Waals surface area contributed by atoms with Crippen LogP contribution in [0.5, 0.6) is 0 Å².